The summed E-state index contributed by atoms with van der Waals surface area (Å²) < 4.78 is 46.8. The summed E-state index contributed by atoms with van der Waals surface area (Å²) in [7, 11) is 0. The highest BCUT2D eigenvalue weighted by Crippen LogP contribution is 2.39. The van der Waals surface area contributed by atoms with E-state index in [1.807, 2.05) is 6.92 Å². The molecule has 2 aromatic heterocycles. The predicted octanol–water partition coefficient (Wildman–Crippen LogP) is 3.11. The summed E-state index contributed by atoms with van der Waals surface area (Å²) in [6.45, 7) is 3.04. The zero-order valence-corrected chi connectivity index (χ0v) is 15.8. The number of nitrogens with zero attached hydrogens (tertiary/aromatic N) is 4. The topological polar surface area (TPSA) is 94.0 Å². The fourth-order valence-electron chi connectivity index (χ4n) is 3.15. The van der Waals surface area contributed by atoms with Gasteiger partial charge in [-0.3, -0.25) is 4.79 Å². The summed E-state index contributed by atoms with van der Waals surface area (Å²) in [5.74, 6) is -0.326. The Balaban J connectivity index is 1.61. The van der Waals surface area contributed by atoms with Crippen molar-refractivity contribution in [3.8, 4) is 0 Å². The largest absolute Gasteiger partial charge is 0.421 e. The van der Waals surface area contributed by atoms with Crippen LogP contribution in [0, 0.1) is 0 Å². The number of alkyl halides is 3. The maximum Gasteiger partial charge on any atom is 0.421 e. The minimum absolute atomic E-state index is 0.0785. The summed E-state index contributed by atoms with van der Waals surface area (Å²) in [6.07, 6.45) is 0.543. The van der Waals surface area contributed by atoms with E-state index in [0.29, 0.717) is 26.1 Å². The Labute approximate surface area is 164 Å². The molecule has 2 aromatic rings. The molecule has 0 spiro atoms. The third-order valence-corrected chi connectivity index (χ3v) is 5.13. The fourth-order valence-corrected chi connectivity index (χ4v) is 3.15. The standard InChI is InChI=1S/C18H21F3N6O2/c1-17(4-5-17)26-16-22-10-13(18(19,20)21)15(25-16)24-11-8-14(28)27(23-9-11)12-2-6-29-7-3-12/h8-10,12H,2-7H2,1H3,(H2,22,24,25,26). The van der Waals surface area contributed by atoms with Crippen LogP contribution in [0.3, 0.4) is 0 Å². The average molecular weight is 410 g/mol. The van der Waals surface area contributed by atoms with Crippen LogP contribution in [0.1, 0.15) is 44.2 Å². The maximum absolute atomic E-state index is 13.4. The molecule has 0 radical (unpaired) electrons. The molecule has 1 saturated carbocycles. The molecule has 2 aliphatic rings. The van der Waals surface area contributed by atoms with E-state index in [4.69, 9.17) is 4.74 Å². The van der Waals surface area contributed by atoms with Crippen LogP contribution in [0.25, 0.3) is 0 Å². The number of rotatable bonds is 5. The Morgan fingerprint density at radius 3 is 2.59 bits per heavy atom. The second kappa shape index (κ2) is 7.29. The van der Waals surface area contributed by atoms with Gasteiger partial charge in [0.25, 0.3) is 5.56 Å². The quantitative estimate of drug-likeness (QED) is 0.782. The van der Waals surface area contributed by atoms with Crippen molar-refractivity contribution in [2.45, 2.75) is 50.4 Å². The fraction of sp³-hybridized carbons (Fsp3) is 0.556. The third-order valence-electron chi connectivity index (χ3n) is 5.13. The van der Waals surface area contributed by atoms with E-state index < -0.39 is 23.1 Å². The molecule has 8 nitrogen and oxygen atoms in total. The van der Waals surface area contributed by atoms with Gasteiger partial charge in [0.05, 0.1) is 17.9 Å². The summed E-state index contributed by atoms with van der Waals surface area (Å²) >= 11 is 0. The molecule has 1 aliphatic carbocycles. The van der Waals surface area contributed by atoms with E-state index in [0.717, 1.165) is 19.0 Å². The first-order chi connectivity index (χ1) is 13.7. The second-order valence-corrected chi connectivity index (χ2v) is 7.63. The van der Waals surface area contributed by atoms with Crippen LogP contribution >= 0.6 is 0 Å². The van der Waals surface area contributed by atoms with Gasteiger partial charge in [0, 0.05) is 31.0 Å². The number of ether oxygens (including phenoxy) is 1. The lowest BCUT2D eigenvalue weighted by Gasteiger charge is -2.23. The van der Waals surface area contributed by atoms with Crippen molar-refractivity contribution in [2.75, 3.05) is 23.8 Å². The monoisotopic (exact) mass is 410 g/mol. The van der Waals surface area contributed by atoms with Crippen LogP contribution in [-0.2, 0) is 10.9 Å². The Bertz CT molecular complexity index is 951. The molecule has 0 unspecified atom stereocenters. The molecule has 2 N–H and O–H groups in total. The molecular weight excluding hydrogens is 389 g/mol. The molecule has 1 aliphatic heterocycles. The van der Waals surface area contributed by atoms with E-state index in [2.05, 4.69) is 25.7 Å². The van der Waals surface area contributed by atoms with Crippen LogP contribution in [-0.4, -0.2) is 38.5 Å². The third kappa shape index (κ3) is 4.50. The Hall–Kier alpha value is -2.69. The zero-order valence-electron chi connectivity index (χ0n) is 15.8. The lowest BCUT2D eigenvalue weighted by atomic mass is 10.1. The molecule has 29 heavy (non-hydrogen) atoms. The summed E-state index contributed by atoms with van der Waals surface area (Å²) in [6, 6.07) is 1.14. The van der Waals surface area contributed by atoms with Gasteiger partial charge in [-0.2, -0.15) is 23.3 Å². The van der Waals surface area contributed by atoms with Crippen molar-refractivity contribution in [3.63, 3.8) is 0 Å². The molecule has 0 bridgehead atoms. The molecule has 0 aromatic carbocycles. The van der Waals surface area contributed by atoms with Crippen LogP contribution in [0.5, 0.6) is 0 Å². The molecular formula is C18H21F3N6O2. The zero-order chi connectivity index (χ0) is 20.6. The van der Waals surface area contributed by atoms with E-state index in [1.54, 1.807) is 0 Å². The Kier molecular flexibility index (Phi) is 4.93. The molecule has 2 fully saturated rings. The van der Waals surface area contributed by atoms with E-state index in [1.165, 1.54) is 16.9 Å². The number of aromatic nitrogens is 4. The van der Waals surface area contributed by atoms with Crippen molar-refractivity contribution < 1.29 is 17.9 Å². The molecule has 11 heteroatoms. The first-order valence-corrected chi connectivity index (χ1v) is 9.40. The van der Waals surface area contributed by atoms with Crippen LogP contribution in [0.15, 0.2) is 23.3 Å². The maximum atomic E-state index is 13.4. The number of halogens is 3. The summed E-state index contributed by atoms with van der Waals surface area (Å²) in [4.78, 5) is 20.2. The Morgan fingerprint density at radius 2 is 1.97 bits per heavy atom. The van der Waals surface area contributed by atoms with Gasteiger partial charge in [-0.1, -0.05) is 0 Å². The number of anilines is 3. The minimum atomic E-state index is -4.64. The molecule has 0 atom stereocenters. The smallest absolute Gasteiger partial charge is 0.381 e. The Morgan fingerprint density at radius 1 is 1.24 bits per heavy atom. The van der Waals surface area contributed by atoms with Crippen LogP contribution < -0.4 is 16.2 Å². The van der Waals surface area contributed by atoms with Crippen LogP contribution in [0.4, 0.5) is 30.6 Å². The van der Waals surface area contributed by atoms with Crippen molar-refractivity contribution in [3.05, 3.63) is 34.4 Å². The summed E-state index contributed by atoms with van der Waals surface area (Å²) in [5, 5.41) is 9.75. The highest BCUT2D eigenvalue weighted by atomic mass is 19.4. The first-order valence-electron chi connectivity index (χ1n) is 9.40. The van der Waals surface area contributed by atoms with Gasteiger partial charge in [0.2, 0.25) is 5.95 Å². The van der Waals surface area contributed by atoms with E-state index >= 15 is 0 Å². The van der Waals surface area contributed by atoms with Gasteiger partial charge in [0.1, 0.15) is 11.4 Å². The van der Waals surface area contributed by atoms with Crippen LogP contribution in [0.2, 0.25) is 0 Å². The van der Waals surface area contributed by atoms with Gasteiger partial charge in [-0.05, 0) is 32.6 Å². The van der Waals surface area contributed by atoms with Crippen molar-refractivity contribution in [2.24, 2.45) is 0 Å². The SMILES string of the molecule is CC1(Nc2ncc(C(F)(F)F)c(Nc3cnn(C4CCOCC4)c(=O)c3)n2)CC1. The number of nitrogens with one attached hydrogen (secondary N) is 2. The van der Waals surface area contributed by atoms with Gasteiger partial charge in [-0.15, -0.1) is 0 Å². The van der Waals surface area contributed by atoms with Crippen molar-refractivity contribution in [1.82, 2.24) is 19.7 Å². The van der Waals surface area contributed by atoms with Gasteiger partial charge in [-0.25, -0.2) is 9.67 Å². The molecule has 0 amide bonds. The van der Waals surface area contributed by atoms with Gasteiger partial charge < -0.3 is 15.4 Å². The minimum Gasteiger partial charge on any atom is -0.381 e. The van der Waals surface area contributed by atoms with Crippen molar-refractivity contribution in [1.29, 1.82) is 0 Å². The molecule has 4 rings (SSSR count). The van der Waals surface area contributed by atoms with Gasteiger partial charge in [0.15, 0.2) is 0 Å². The summed E-state index contributed by atoms with van der Waals surface area (Å²) in [5.41, 5.74) is -1.47. The number of hydrogen-bond donors (Lipinski definition) is 2. The second-order valence-electron chi connectivity index (χ2n) is 7.63. The average Bonchev–Trinajstić information content (AvgIpc) is 3.38. The first kappa shape index (κ1) is 19.6. The predicted molar refractivity (Wildman–Crippen MR) is 99.2 cm³/mol. The van der Waals surface area contributed by atoms with Crippen molar-refractivity contribution >= 4 is 17.5 Å². The lowest BCUT2D eigenvalue weighted by molar-refractivity contribution is -0.137. The van der Waals surface area contributed by atoms with E-state index in [9.17, 15) is 18.0 Å². The van der Waals surface area contributed by atoms with Gasteiger partial charge >= 0.3 is 6.18 Å². The lowest BCUT2D eigenvalue weighted by Crippen LogP contribution is -2.30. The van der Waals surface area contributed by atoms with E-state index in [-0.39, 0.29) is 23.2 Å². The molecule has 1 saturated heterocycles. The number of hydrogen-bond acceptors (Lipinski definition) is 7. The normalized spacial score (nSPS) is 19.0. The highest BCUT2D eigenvalue weighted by molar-refractivity contribution is 5.60. The molecule has 156 valence electrons. The highest BCUT2D eigenvalue weighted by Gasteiger charge is 2.39. The molecule has 3 heterocycles.